The lowest BCUT2D eigenvalue weighted by Crippen LogP contribution is -2.50. The van der Waals surface area contributed by atoms with Crippen LogP contribution in [0.1, 0.15) is 0 Å². The summed E-state index contributed by atoms with van der Waals surface area (Å²) in [6.45, 7) is 0. The van der Waals surface area contributed by atoms with E-state index in [0.717, 1.165) is 0 Å². The number of aliphatic hydroxyl groups excluding tert-OH is 3. The third-order valence-electron chi connectivity index (χ3n) is 2.34. The number of rotatable bonds is 2. The molecule has 5 nitrogen and oxygen atoms in total. The molecule has 1 aliphatic heterocycles. The minimum absolute atomic E-state index is 0. The van der Waals surface area contributed by atoms with Gasteiger partial charge in [-0.1, -0.05) is 0 Å². The molecule has 2 rings (SSSR count). The van der Waals surface area contributed by atoms with Crippen LogP contribution >= 0.6 is 28.7 Å². The number of hydrogen-bond acceptors (Lipinski definition) is 6. The second-order valence-corrected chi connectivity index (χ2v) is 4.69. The van der Waals surface area contributed by atoms with Crippen LogP contribution in [0.15, 0.2) is 24.5 Å². The number of aliphatic hydroxyl groups is 3. The van der Waals surface area contributed by atoms with Crippen LogP contribution in [-0.2, 0) is 0 Å². The summed E-state index contributed by atoms with van der Waals surface area (Å²) in [5, 5.41) is 28.5. The maximum atomic E-state index is 9.69. The third-order valence-corrected chi connectivity index (χ3v) is 3.58. The van der Waals surface area contributed by atoms with E-state index in [9.17, 15) is 15.3 Å². The van der Waals surface area contributed by atoms with Crippen LogP contribution < -0.4 is 4.74 Å². The van der Waals surface area contributed by atoms with Crippen molar-refractivity contribution in [2.75, 3.05) is 5.75 Å². The molecular weight excluding hydrogens is 310 g/mol. The van der Waals surface area contributed by atoms with Crippen LogP contribution in [0, 0.1) is 0 Å². The molecule has 7 heteroatoms. The molecule has 0 amide bonds. The highest BCUT2D eigenvalue weighted by Crippen LogP contribution is 2.28. The minimum atomic E-state index is -1.16. The SMILES string of the molecule is Br.O[C@@H]1[C@@H](O)[C@H](Oc2cccnc2)SC[C@H]1O. The number of aromatic nitrogens is 1. The molecule has 0 bridgehead atoms. The fourth-order valence-corrected chi connectivity index (χ4v) is 2.56. The van der Waals surface area contributed by atoms with E-state index in [2.05, 4.69) is 4.98 Å². The van der Waals surface area contributed by atoms with E-state index in [1.807, 2.05) is 0 Å². The summed E-state index contributed by atoms with van der Waals surface area (Å²) in [6.07, 6.45) is -0.0220. The molecule has 4 atom stereocenters. The molecule has 2 heterocycles. The van der Waals surface area contributed by atoms with E-state index in [-0.39, 0.29) is 17.0 Å². The number of nitrogens with zero attached hydrogens (tertiary/aromatic N) is 1. The summed E-state index contributed by atoms with van der Waals surface area (Å²) in [5.74, 6) is 0.867. The molecule has 1 aliphatic rings. The van der Waals surface area contributed by atoms with Gasteiger partial charge in [-0.3, -0.25) is 4.98 Å². The van der Waals surface area contributed by atoms with Crippen molar-refractivity contribution in [2.24, 2.45) is 0 Å². The van der Waals surface area contributed by atoms with Gasteiger partial charge in [0.15, 0.2) is 5.44 Å². The number of ether oxygens (including phenoxy) is 1. The van der Waals surface area contributed by atoms with Gasteiger partial charge in [0.05, 0.1) is 12.3 Å². The fraction of sp³-hybridized carbons (Fsp3) is 0.500. The van der Waals surface area contributed by atoms with Crippen molar-refractivity contribution < 1.29 is 20.1 Å². The van der Waals surface area contributed by atoms with E-state index in [0.29, 0.717) is 11.5 Å². The summed E-state index contributed by atoms with van der Waals surface area (Å²) in [4.78, 5) is 3.88. The number of hydrogen-bond donors (Lipinski definition) is 3. The van der Waals surface area contributed by atoms with Gasteiger partial charge in [-0.15, -0.1) is 28.7 Å². The van der Waals surface area contributed by atoms with Crippen molar-refractivity contribution in [3.63, 3.8) is 0 Å². The quantitative estimate of drug-likeness (QED) is 0.721. The topological polar surface area (TPSA) is 82.8 Å². The predicted molar refractivity (Wildman–Crippen MR) is 69.5 cm³/mol. The monoisotopic (exact) mass is 323 g/mol. The van der Waals surface area contributed by atoms with E-state index < -0.39 is 23.7 Å². The van der Waals surface area contributed by atoms with Gasteiger partial charge in [0.1, 0.15) is 18.0 Å². The maximum absolute atomic E-state index is 9.69. The van der Waals surface area contributed by atoms with Crippen molar-refractivity contribution in [3.8, 4) is 5.75 Å². The van der Waals surface area contributed by atoms with E-state index >= 15 is 0 Å². The van der Waals surface area contributed by atoms with Crippen LogP contribution in [0.25, 0.3) is 0 Å². The molecule has 1 fully saturated rings. The van der Waals surface area contributed by atoms with E-state index in [1.54, 1.807) is 18.3 Å². The Labute approximate surface area is 114 Å². The van der Waals surface area contributed by atoms with Gasteiger partial charge in [0, 0.05) is 11.9 Å². The molecular formula is C10H14BrNO4S. The molecule has 0 unspecified atom stereocenters. The van der Waals surface area contributed by atoms with E-state index in [1.165, 1.54) is 18.0 Å². The standard InChI is InChI=1S/C10H13NO4S.BrH/c12-7-5-16-10(9(14)8(7)13)15-6-2-1-3-11-4-6;/h1-4,7-10,12-14H,5H2;1H/t7-,8+,9-,10-;/m1./s1. The zero-order chi connectivity index (χ0) is 11.5. The van der Waals surface area contributed by atoms with Gasteiger partial charge in [-0.25, -0.2) is 0 Å². The summed E-state index contributed by atoms with van der Waals surface area (Å²) in [6, 6.07) is 3.44. The van der Waals surface area contributed by atoms with Gasteiger partial charge in [0.2, 0.25) is 0 Å². The van der Waals surface area contributed by atoms with Crippen molar-refractivity contribution in [1.29, 1.82) is 0 Å². The maximum Gasteiger partial charge on any atom is 0.173 e. The molecule has 1 aromatic rings. The van der Waals surface area contributed by atoms with Gasteiger partial charge in [0.25, 0.3) is 0 Å². The molecule has 0 radical (unpaired) electrons. The highest BCUT2D eigenvalue weighted by atomic mass is 79.9. The Morgan fingerprint density at radius 3 is 2.71 bits per heavy atom. The zero-order valence-corrected chi connectivity index (χ0v) is 11.4. The Morgan fingerprint density at radius 1 is 1.29 bits per heavy atom. The smallest absolute Gasteiger partial charge is 0.173 e. The lowest BCUT2D eigenvalue weighted by atomic mass is 10.1. The summed E-state index contributed by atoms with van der Waals surface area (Å²) >= 11 is 1.27. The molecule has 0 spiro atoms. The molecule has 0 aliphatic carbocycles. The number of thioether (sulfide) groups is 1. The predicted octanol–water partition coefficient (Wildman–Crippen LogP) is 0.194. The highest BCUT2D eigenvalue weighted by Gasteiger charge is 2.38. The van der Waals surface area contributed by atoms with Crippen LogP contribution in [0.5, 0.6) is 5.75 Å². The van der Waals surface area contributed by atoms with Gasteiger partial charge < -0.3 is 20.1 Å². The Morgan fingerprint density at radius 2 is 2.06 bits per heavy atom. The van der Waals surface area contributed by atoms with Crippen molar-refractivity contribution in [1.82, 2.24) is 4.98 Å². The molecule has 0 aromatic carbocycles. The first kappa shape index (κ1) is 14.7. The summed E-state index contributed by atoms with van der Waals surface area (Å²) in [7, 11) is 0. The molecule has 1 aromatic heterocycles. The van der Waals surface area contributed by atoms with Gasteiger partial charge in [-0.2, -0.15) is 0 Å². The van der Waals surface area contributed by atoms with Crippen molar-refractivity contribution in [3.05, 3.63) is 24.5 Å². The first-order valence-corrected chi connectivity index (χ1v) is 5.96. The van der Waals surface area contributed by atoms with Crippen LogP contribution in [0.3, 0.4) is 0 Å². The van der Waals surface area contributed by atoms with Crippen LogP contribution in [0.2, 0.25) is 0 Å². The van der Waals surface area contributed by atoms with Crippen LogP contribution in [-0.4, -0.2) is 49.8 Å². The lowest BCUT2D eigenvalue weighted by molar-refractivity contribution is -0.0786. The summed E-state index contributed by atoms with van der Waals surface area (Å²) < 4.78 is 5.47. The molecule has 96 valence electrons. The first-order chi connectivity index (χ1) is 7.68. The first-order valence-electron chi connectivity index (χ1n) is 4.91. The van der Waals surface area contributed by atoms with Crippen LogP contribution in [0.4, 0.5) is 0 Å². The Bertz CT molecular complexity index is 342. The second kappa shape index (κ2) is 6.55. The lowest BCUT2D eigenvalue weighted by Gasteiger charge is -2.34. The second-order valence-electron chi connectivity index (χ2n) is 3.56. The van der Waals surface area contributed by atoms with Gasteiger partial charge in [-0.05, 0) is 12.1 Å². The minimum Gasteiger partial charge on any atom is -0.475 e. The normalized spacial score (nSPS) is 32.6. The average molecular weight is 324 g/mol. The number of pyridine rings is 1. The van der Waals surface area contributed by atoms with Crippen molar-refractivity contribution in [2.45, 2.75) is 23.7 Å². The Balaban J connectivity index is 0.00000144. The molecule has 0 saturated carbocycles. The molecule has 3 N–H and O–H groups in total. The Kier molecular flexibility index (Phi) is 5.68. The summed E-state index contributed by atoms with van der Waals surface area (Å²) in [5.41, 5.74) is -0.581. The average Bonchev–Trinajstić information content (AvgIpc) is 2.31. The third kappa shape index (κ3) is 3.56. The van der Waals surface area contributed by atoms with Crippen molar-refractivity contribution >= 4 is 28.7 Å². The largest absolute Gasteiger partial charge is 0.475 e. The fourth-order valence-electron chi connectivity index (χ4n) is 1.43. The Hall–Kier alpha value is -0.340. The molecule has 17 heavy (non-hydrogen) atoms. The molecule has 1 saturated heterocycles. The van der Waals surface area contributed by atoms with Gasteiger partial charge >= 0.3 is 0 Å². The highest BCUT2D eigenvalue weighted by molar-refractivity contribution is 8.93. The zero-order valence-electron chi connectivity index (χ0n) is 8.84. The van der Waals surface area contributed by atoms with E-state index in [4.69, 9.17) is 4.74 Å². The number of halogens is 1.